The summed E-state index contributed by atoms with van der Waals surface area (Å²) in [6.07, 6.45) is 18.3. The zero-order chi connectivity index (χ0) is 27.3. The van der Waals surface area contributed by atoms with Gasteiger partial charge >= 0.3 is 0 Å². The highest BCUT2D eigenvalue weighted by molar-refractivity contribution is 6.12. The Balaban J connectivity index is 1.43. The normalized spacial score (nSPS) is 24.1. The summed E-state index contributed by atoms with van der Waals surface area (Å²) in [5.74, 6) is 0.596. The Morgan fingerprint density at radius 3 is 2.77 bits per heavy atom. The first-order valence-corrected chi connectivity index (χ1v) is 14.5. The van der Waals surface area contributed by atoms with Crippen LogP contribution < -0.4 is 10.2 Å². The molecule has 0 bridgehead atoms. The zero-order valence-corrected chi connectivity index (χ0v) is 23.9. The van der Waals surface area contributed by atoms with Crippen LogP contribution in [0.5, 0.6) is 0 Å². The maximum atomic E-state index is 5.98. The Bertz CT molecular complexity index is 1730. The van der Waals surface area contributed by atoms with Gasteiger partial charge in [0.05, 0.1) is 23.3 Å². The average molecular weight is 529 g/mol. The maximum Gasteiger partial charge on any atom is 0.136 e. The molecule has 0 amide bonds. The summed E-state index contributed by atoms with van der Waals surface area (Å²) in [4.78, 5) is 7.55. The van der Waals surface area contributed by atoms with Crippen molar-refractivity contribution in [1.82, 2.24) is 15.1 Å². The summed E-state index contributed by atoms with van der Waals surface area (Å²) in [5, 5.41) is 4.66. The number of likely N-dealkylation sites (N-methyl/N-ethyl adjacent to an activating group) is 1. The van der Waals surface area contributed by atoms with Crippen LogP contribution in [0.4, 0.5) is 11.4 Å². The third kappa shape index (κ3) is 3.18. The number of dihydropyridines is 1. The summed E-state index contributed by atoms with van der Waals surface area (Å²) in [6.45, 7) is 11.2. The molecule has 5 aliphatic rings. The van der Waals surface area contributed by atoms with Crippen LogP contribution in [0.25, 0.3) is 28.2 Å². The summed E-state index contributed by atoms with van der Waals surface area (Å²) < 4.78 is 5.98. The first kappa shape index (κ1) is 23.9. The minimum Gasteiger partial charge on any atom is -0.464 e. The van der Waals surface area contributed by atoms with Crippen LogP contribution >= 0.6 is 0 Å². The van der Waals surface area contributed by atoms with Crippen LogP contribution in [0.1, 0.15) is 49.9 Å². The van der Waals surface area contributed by atoms with Gasteiger partial charge in [-0.1, -0.05) is 45.9 Å². The topological polar surface area (TPSA) is 34.9 Å². The van der Waals surface area contributed by atoms with Crippen molar-refractivity contribution in [3.8, 4) is 0 Å². The molecular weight excluding hydrogens is 492 g/mol. The van der Waals surface area contributed by atoms with Gasteiger partial charge in [-0.15, -0.1) is 0 Å². The highest BCUT2D eigenvalue weighted by Crippen LogP contribution is 2.54. The van der Waals surface area contributed by atoms with Crippen LogP contribution in [-0.4, -0.2) is 42.1 Å². The van der Waals surface area contributed by atoms with E-state index in [0.717, 1.165) is 24.1 Å². The lowest BCUT2D eigenvalue weighted by molar-refractivity contribution is 0.200. The summed E-state index contributed by atoms with van der Waals surface area (Å²) >= 11 is 0. The molecule has 2 unspecified atom stereocenters. The molecule has 3 aromatic rings. The van der Waals surface area contributed by atoms with E-state index in [0.29, 0.717) is 12.0 Å². The molecule has 1 N–H and O–H groups in total. The van der Waals surface area contributed by atoms with Crippen molar-refractivity contribution < 1.29 is 4.42 Å². The van der Waals surface area contributed by atoms with E-state index in [1.807, 2.05) is 6.26 Å². The van der Waals surface area contributed by atoms with Crippen LogP contribution in [-0.2, 0) is 5.41 Å². The molecule has 0 radical (unpaired) electrons. The quantitative estimate of drug-likeness (QED) is 0.380. The predicted molar refractivity (Wildman–Crippen MR) is 165 cm³/mol. The van der Waals surface area contributed by atoms with Crippen molar-refractivity contribution in [1.29, 1.82) is 0 Å². The van der Waals surface area contributed by atoms with Crippen molar-refractivity contribution in [2.24, 2.45) is 5.92 Å². The van der Waals surface area contributed by atoms with Crippen molar-refractivity contribution in [2.75, 3.05) is 25.0 Å². The Labute approximate surface area is 236 Å². The fraction of sp³-hybridized carbons (Fsp3) is 0.314. The van der Waals surface area contributed by atoms with Gasteiger partial charge < -0.3 is 19.5 Å². The number of furan rings is 1. The van der Waals surface area contributed by atoms with E-state index in [9.17, 15) is 0 Å². The number of hydrogen-bond donors (Lipinski definition) is 1. The van der Waals surface area contributed by atoms with E-state index in [1.54, 1.807) is 0 Å². The Morgan fingerprint density at radius 1 is 1.05 bits per heavy atom. The molecule has 2 atom stereocenters. The molecule has 5 heterocycles. The maximum absolute atomic E-state index is 5.98. The minimum absolute atomic E-state index is 0.0608. The summed E-state index contributed by atoms with van der Waals surface area (Å²) in [7, 11) is 2.26. The minimum atomic E-state index is -0.0608. The van der Waals surface area contributed by atoms with Crippen molar-refractivity contribution in [3.63, 3.8) is 0 Å². The van der Waals surface area contributed by atoms with E-state index in [2.05, 4.69) is 128 Å². The van der Waals surface area contributed by atoms with E-state index in [1.165, 1.54) is 50.5 Å². The van der Waals surface area contributed by atoms with Crippen LogP contribution in [0.15, 0.2) is 83.4 Å². The van der Waals surface area contributed by atoms with E-state index in [4.69, 9.17) is 4.42 Å². The SMILES string of the molecule is CC(C)C1CN2C=C(N3c4ccc5c(c4C4=C(CNC=C4)c4ccc6occc6c43)C(C)(C)C=C5)C=CC2N1C. The zero-order valence-electron chi connectivity index (χ0n) is 23.9. The monoisotopic (exact) mass is 528 g/mol. The molecule has 0 saturated carbocycles. The second-order valence-electron chi connectivity index (χ2n) is 12.7. The fourth-order valence-corrected chi connectivity index (χ4v) is 7.63. The van der Waals surface area contributed by atoms with Crippen LogP contribution in [0, 0.1) is 5.92 Å². The number of allylic oxidation sites excluding steroid dienone is 4. The van der Waals surface area contributed by atoms with Gasteiger partial charge in [0.1, 0.15) is 11.7 Å². The van der Waals surface area contributed by atoms with E-state index < -0.39 is 0 Å². The third-order valence-electron chi connectivity index (χ3n) is 9.62. The number of hydrogen-bond acceptors (Lipinski definition) is 5. The molecular formula is C35H36N4O. The number of nitrogens with one attached hydrogen (secondary N) is 1. The summed E-state index contributed by atoms with van der Waals surface area (Å²) in [5.41, 5.74) is 12.4. The predicted octanol–water partition coefficient (Wildman–Crippen LogP) is 7.23. The Hall–Kier alpha value is -3.96. The number of benzene rings is 2. The number of rotatable bonds is 2. The van der Waals surface area contributed by atoms with Crippen molar-refractivity contribution in [3.05, 3.63) is 101 Å². The lowest BCUT2D eigenvalue weighted by Gasteiger charge is -2.35. The lowest BCUT2D eigenvalue weighted by Crippen LogP contribution is -2.38. The molecule has 0 spiro atoms. The Kier molecular flexibility index (Phi) is 4.94. The van der Waals surface area contributed by atoms with Gasteiger partial charge in [0.2, 0.25) is 0 Å². The number of nitrogens with zero attached hydrogens (tertiary/aromatic N) is 3. The van der Waals surface area contributed by atoms with Crippen molar-refractivity contribution >= 4 is 39.6 Å². The van der Waals surface area contributed by atoms with Crippen LogP contribution in [0.2, 0.25) is 0 Å². The van der Waals surface area contributed by atoms with Gasteiger partial charge in [-0.25, -0.2) is 0 Å². The molecule has 5 heteroatoms. The molecule has 40 heavy (non-hydrogen) atoms. The third-order valence-corrected chi connectivity index (χ3v) is 9.62. The van der Waals surface area contributed by atoms with E-state index in [-0.39, 0.29) is 11.6 Å². The molecule has 1 aromatic heterocycles. The lowest BCUT2D eigenvalue weighted by atomic mass is 9.79. The highest BCUT2D eigenvalue weighted by atomic mass is 16.3. The standard InChI is InChI=1S/C35H36N4O/c1-21(2)29-20-38-19-23(7-11-31(38)37(29)5)39-28-9-6-22-12-15-35(3,4)33(22)32(28)24-13-16-36-18-27(24)25-8-10-30-26(34(25)39)14-17-40-30/h6-17,19,21,29,31,36H,18,20H2,1-5H3. The molecule has 1 saturated heterocycles. The molecule has 1 aliphatic carbocycles. The van der Waals surface area contributed by atoms with Gasteiger partial charge in [-0.3, -0.25) is 4.90 Å². The van der Waals surface area contributed by atoms with Gasteiger partial charge in [-0.05, 0) is 83.9 Å². The highest BCUT2D eigenvalue weighted by Gasteiger charge is 2.40. The first-order valence-electron chi connectivity index (χ1n) is 14.5. The molecule has 8 rings (SSSR count). The molecule has 4 aliphatic heterocycles. The molecule has 202 valence electrons. The summed E-state index contributed by atoms with van der Waals surface area (Å²) in [6, 6.07) is 11.7. The van der Waals surface area contributed by atoms with Gasteiger partial charge in [0.25, 0.3) is 0 Å². The van der Waals surface area contributed by atoms with Gasteiger partial charge in [0, 0.05) is 47.3 Å². The molecule has 1 fully saturated rings. The average Bonchev–Trinajstić information content (AvgIpc) is 3.62. The second kappa shape index (κ2) is 8.28. The largest absolute Gasteiger partial charge is 0.464 e. The smallest absolute Gasteiger partial charge is 0.136 e. The second-order valence-corrected chi connectivity index (χ2v) is 12.7. The number of anilines is 2. The Morgan fingerprint density at radius 2 is 1.93 bits per heavy atom. The van der Waals surface area contributed by atoms with Gasteiger partial charge in [-0.2, -0.15) is 0 Å². The number of fused-ring (bicyclic) bond motifs is 9. The molecule has 2 aromatic carbocycles. The van der Waals surface area contributed by atoms with Crippen molar-refractivity contribution in [2.45, 2.75) is 45.3 Å². The first-order chi connectivity index (χ1) is 19.3. The molecule has 5 nitrogen and oxygen atoms in total. The fourth-order valence-electron chi connectivity index (χ4n) is 7.63. The van der Waals surface area contributed by atoms with Gasteiger partial charge in [0.15, 0.2) is 0 Å². The van der Waals surface area contributed by atoms with E-state index >= 15 is 0 Å². The van der Waals surface area contributed by atoms with Crippen LogP contribution in [0.3, 0.4) is 0 Å².